The third kappa shape index (κ3) is 9.08. The summed E-state index contributed by atoms with van der Waals surface area (Å²) in [7, 11) is 0. The van der Waals surface area contributed by atoms with E-state index in [1.807, 2.05) is 0 Å². The highest BCUT2D eigenvalue weighted by Gasteiger charge is 2.23. The van der Waals surface area contributed by atoms with Crippen molar-refractivity contribution in [1.29, 1.82) is 0 Å². The maximum Gasteiger partial charge on any atom is 0.408 e. The molecule has 0 saturated heterocycles. The zero-order valence-corrected chi connectivity index (χ0v) is 13.1. The number of nitrogens with one attached hydrogen (secondary N) is 1. The molecule has 0 aliphatic rings. The molecule has 0 aromatic heterocycles. The molecule has 0 aliphatic heterocycles. The number of nitro groups is 1. The molecule has 0 aromatic carbocycles. The van der Waals surface area contributed by atoms with Crippen molar-refractivity contribution in [3.8, 4) is 0 Å². The minimum Gasteiger partial charge on any atom is -0.480 e. The lowest BCUT2D eigenvalue weighted by molar-refractivity contribution is -0.699. The van der Waals surface area contributed by atoms with Gasteiger partial charge >= 0.3 is 12.1 Å². The standard InChI is InChI=1S/C11H21N5O7/c1-11(2,3)23-10(19)14-7(8(17)18)5-4-6-13-9(12)15(20)16(21)22/h7,20H,4-6H2,1-3H3,(H2,12,13)(H,14,19)(H,17,18)/t7-/m0/s1. The molecule has 0 radical (unpaired) electrons. The number of guanidine groups is 1. The normalized spacial score (nSPS) is 13.1. The third-order valence-corrected chi connectivity index (χ3v) is 2.27. The molecule has 0 fully saturated rings. The second kappa shape index (κ2) is 8.73. The van der Waals surface area contributed by atoms with Gasteiger partial charge in [0.2, 0.25) is 0 Å². The van der Waals surface area contributed by atoms with Crippen molar-refractivity contribution >= 4 is 18.0 Å². The van der Waals surface area contributed by atoms with E-state index in [4.69, 9.17) is 20.8 Å². The van der Waals surface area contributed by atoms with E-state index in [-0.39, 0.29) is 19.4 Å². The number of hydrogen-bond acceptors (Lipinski definition) is 7. The van der Waals surface area contributed by atoms with Crippen molar-refractivity contribution in [1.82, 2.24) is 10.5 Å². The van der Waals surface area contributed by atoms with Gasteiger partial charge in [0.25, 0.3) is 5.96 Å². The molecule has 0 heterocycles. The minimum atomic E-state index is -1.26. The summed E-state index contributed by atoms with van der Waals surface area (Å²) in [5.74, 6) is -2.00. The van der Waals surface area contributed by atoms with Crippen LogP contribution >= 0.6 is 0 Å². The van der Waals surface area contributed by atoms with Gasteiger partial charge in [-0.15, -0.1) is 0 Å². The third-order valence-electron chi connectivity index (χ3n) is 2.27. The number of carboxylic acids is 1. The van der Waals surface area contributed by atoms with Gasteiger partial charge in [-0.2, -0.15) is 0 Å². The first-order valence-electron chi connectivity index (χ1n) is 6.59. The van der Waals surface area contributed by atoms with Crippen LogP contribution in [0.1, 0.15) is 33.6 Å². The summed E-state index contributed by atoms with van der Waals surface area (Å²) in [6, 6.07) is -1.21. The van der Waals surface area contributed by atoms with E-state index in [2.05, 4.69) is 10.3 Å². The van der Waals surface area contributed by atoms with Gasteiger partial charge in [-0.05, 0) is 33.6 Å². The van der Waals surface area contributed by atoms with Gasteiger partial charge in [-0.1, -0.05) is 0 Å². The molecule has 23 heavy (non-hydrogen) atoms. The maximum absolute atomic E-state index is 11.5. The highest BCUT2D eigenvalue weighted by molar-refractivity contribution is 5.80. The van der Waals surface area contributed by atoms with Crippen molar-refractivity contribution in [3.63, 3.8) is 0 Å². The zero-order valence-electron chi connectivity index (χ0n) is 13.1. The monoisotopic (exact) mass is 335 g/mol. The quantitative estimate of drug-likeness (QED) is 0.163. The summed E-state index contributed by atoms with van der Waals surface area (Å²) in [6.07, 6.45) is -0.725. The van der Waals surface area contributed by atoms with Gasteiger partial charge in [0, 0.05) is 6.54 Å². The number of alkyl carbamates (subject to hydrolysis) is 1. The number of aliphatic carboxylic acids is 1. The molecule has 12 heteroatoms. The second-order valence-corrected chi connectivity index (χ2v) is 5.45. The van der Waals surface area contributed by atoms with E-state index in [9.17, 15) is 19.7 Å². The van der Waals surface area contributed by atoms with Crippen LogP contribution in [0, 0.1) is 10.1 Å². The number of hydroxylamine groups is 1. The average molecular weight is 335 g/mol. The van der Waals surface area contributed by atoms with Crippen molar-refractivity contribution in [2.75, 3.05) is 6.54 Å². The maximum atomic E-state index is 11.5. The Kier molecular flexibility index (Phi) is 7.73. The number of nitrogens with zero attached hydrogens (tertiary/aromatic N) is 3. The summed E-state index contributed by atoms with van der Waals surface area (Å²) in [4.78, 5) is 36.3. The number of amides is 1. The van der Waals surface area contributed by atoms with Crippen molar-refractivity contribution < 1.29 is 29.7 Å². The van der Waals surface area contributed by atoms with E-state index in [0.717, 1.165) is 0 Å². The number of rotatable bonds is 7. The number of hydrogen-bond donors (Lipinski definition) is 4. The Bertz CT molecular complexity index is 474. The van der Waals surface area contributed by atoms with E-state index < -0.39 is 39.9 Å². The number of carbonyl (C=O) groups is 2. The first-order valence-corrected chi connectivity index (χ1v) is 6.59. The van der Waals surface area contributed by atoms with Gasteiger partial charge in [0.05, 0.1) is 5.17 Å². The van der Waals surface area contributed by atoms with Gasteiger partial charge in [-0.3, -0.25) is 0 Å². The molecule has 0 aliphatic carbocycles. The number of carbonyl (C=O) groups excluding carboxylic acids is 1. The number of carboxylic acid groups (broad SMARTS) is 1. The lowest BCUT2D eigenvalue weighted by Crippen LogP contribution is -2.43. The number of aliphatic imine (C=N–C) groups is 1. The van der Waals surface area contributed by atoms with Crippen molar-refractivity contribution in [3.05, 3.63) is 10.1 Å². The van der Waals surface area contributed by atoms with Gasteiger partial charge in [0.15, 0.2) is 5.03 Å². The average Bonchev–Trinajstić information content (AvgIpc) is 2.38. The fourth-order valence-electron chi connectivity index (χ4n) is 1.34. The summed E-state index contributed by atoms with van der Waals surface area (Å²) < 4.78 is 4.95. The summed E-state index contributed by atoms with van der Waals surface area (Å²) in [5, 5.41) is 28.6. The Balaban J connectivity index is 4.41. The van der Waals surface area contributed by atoms with E-state index in [0.29, 0.717) is 0 Å². The van der Waals surface area contributed by atoms with E-state index >= 15 is 0 Å². The lowest BCUT2D eigenvalue weighted by Gasteiger charge is -2.21. The predicted octanol–water partition coefficient (Wildman–Crippen LogP) is -0.0579. The van der Waals surface area contributed by atoms with Crippen molar-refractivity contribution in [2.24, 2.45) is 10.7 Å². The molecule has 0 rings (SSSR count). The summed E-state index contributed by atoms with van der Waals surface area (Å²) >= 11 is 0. The molecule has 1 atom stereocenters. The van der Waals surface area contributed by atoms with Crippen LogP contribution in [-0.2, 0) is 9.53 Å². The summed E-state index contributed by atoms with van der Waals surface area (Å²) in [5.41, 5.74) is 4.36. The zero-order chi connectivity index (χ0) is 18.2. The molecule has 0 unspecified atom stereocenters. The van der Waals surface area contributed by atoms with Crippen LogP contribution in [-0.4, -0.2) is 56.7 Å². The fourth-order valence-corrected chi connectivity index (χ4v) is 1.34. The summed E-state index contributed by atoms with van der Waals surface area (Å²) in [6.45, 7) is 4.83. The van der Waals surface area contributed by atoms with E-state index in [1.54, 1.807) is 20.8 Å². The number of hydrazine groups is 1. The molecule has 0 bridgehead atoms. The van der Waals surface area contributed by atoms with Crippen LogP contribution in [0.3, 0.4) is 0 Å². The largest absolute Gasteiger partial charge is 0.480 e. The molecule has 12 nitrogen and oxygen atoms in total. The van der Waals surface area contributed by atoms with Gasteiger partial charge in [0.1, 0.15) is 11.6 Å². The highest BCUT2D eigenvalue weighted by Crippen LogP contribution is 2.08. The second-order valence-electron chi connectivity index (χ2n) is 5.45. The van der Waals surface area contributed by atoms with Crippen LogP contribution in [0.25, 0.3) is 0 Å². The molecule has 5 N–H and O–H groups in total. The topological polar surface area (TPSA) is 181 Å². The Hall–Kier alpha value is -2.63. The molecular formula is C11H21N5O7. The fraction of sp³-hybridized carbons (Fsp3) is 0.727. The minimum absolute atomic E-state index is 0.00471. The van der Waals surface area contributed by atoms with Gasteiger partial charge in [-0.25, -0.2) is 29.9 Å². The van der Waals surface area contributed by atoms with Crippen LogP contribution in [0.5, 0.6) is 0 Å². The molecule has 132 valence electrons. The molecule has 0 spiro atoms. The predicted molar refractivity (Wildman–Crippen MR) is 77.1 cm³/mol. The lowest BCUT2D eigenvalue weighted by atomic mass is 10.1. The van der Waals surface area contributed by atoms with Crippen molar-refractivity contribution in [2.45, 2.75) is 45.3 Å². The van der Waals surface area contributed by atoms with Crippen LogP contribution in [0.2, 0.25) is 0 Å². The van der Waals surface area contributed by atoms with Crippen LogP contribution in [0.15, 0.2) is 4.99 Å². The number of ether oxygens (including phenoxy) is 1. The SMILES string of the molecule is CC(C)(C)OC(=O)N[C@@H](CCCN=C(N)N(O)[N+](=O)[O-])C(=O)O. The number of nitrogens with two attached hydrogens (primary N) is 1. The Morgan fingerprint density at radius 3 is 2.48 bits per heavy atom. The Morgan fingerprint density at radius 2 is 2.04 bits per heavy atom. The van der Waals surface area contributed by atoms with Crippen LogP contribution < -0.4 is 11.1 Å². The Morgan fingerprint density at radius 1 is 1.48 bits per heavy atom. The molecule has 1 amide bonds. The van der Waals surface area contributed by atoms with Gasteiger partial charge < -0.3 is 20.9 Å². The van der Waals surface area contributed by atoms with Crippen LogP contribution in [0.4, 0.5) is 4.79 Å². The molecular weight excluding hydrogens is 314 g/mol. The smallest absolute Gasteiger partial charge is 0.408 e. The first-order chi connectivity index (χ1) is 10.4. The molecule has 0 aromatic rings. The first kappa shape index (κ1) is 20.4. The highest BCUT2D eigenvalue weighted by atomic mass is 16.8. The van der Waals surface area contributed by atoms with E-state index in [1.165, 1.54) is 0 Å². The molecule has 0 saturated carbocycles. The Labute approximate surface area is 132 Å².